The third-order valence-electron chi connectivity index (χ3n) is 4.61. The Bertz CT molecular complexity index is 815. The second-order valence-corrected chi connectivity index (χ2v) is 6.83. The molecule has 1 N–H and O–H groups in total. The molecule has 1 amide bonds. The highest BCUT2D eigenvalue weighted by molar-refractivity contribution is 6.01. The van der Waals surface area contributed by atoms with Crippen LogP contribution in [-0.2, 0) is 11.2 Å². The van der Waals surface area contributed by atoms with Gasteiger partial charge >= 0.3 is 0 Å². The zero-order valence-electron chi connectivity index (χ0n) is 14.9. The van der Waals surface area contributed by atoms with Crippen LogP contribution in [-0.4, -0.2) is 18.3 Å². The fourth-order valence-electron chi connectivity index (χ4n) is 3.26. The molecule has 1 aliphatic rings. The van der Waals surface area contributed by atoms with Gasteiger partial charge in [0.2, 0.25) is 0 Å². The van der Waals surface area contributed by atoms with Crippen molar-refractivity contribution in [3.8, 4) is 5.75 Å². The van der Waals surface area contributed by atoms with Gasteiger partial charge in [-0.15, -0.1) is 0 Å². The van der Waals surface area contributed by atoms with Gasteiger partial charge in [-0.25, -0.2) is 4.39 Å². The molecule has 0 bridgehead atoms. The van der Waals surface area contributed by atoms with Gasteiger partial charge in [0.15, 0.2) is 12.4 Å². The first kappa shape index (κ1) is 18.1. The summed E-state index contributed by atoms with van der Waals surface area (Å²) in [6.45, 7) is 3.85. The van der Waals surface area contributed by atoms with E-state index in [0.29, 0.717) is 24.2 Å². The standard InChI is InChI=1S/C21H22FNO3/c1-13(2)21(14-6-8-15(22)9-7-14)23-20(25)12-26-19-5-3-4-16-17(19)10-11-18(16)24/h3-9,13,21H,10-12H2,1-2H3,(H,23,25). The SMILES string of the molecule is CC(C)C(NC(=O)COc1cccc2c1CCC2=O)c1ccc(F)cc1. The van der Waals surface area contributed by atoms with Crippen molar-refractivity contribution in [2.75, 3.05) is 6.61 Å². The Morgan fingerprint density at radius 3 is 2.58 bits per heavy atom. The number of fused-ring (bicyclic) bond motifs is 1. The predicted molar refractivity (Wildman–Crippen MR) is 96.7 cm³/mol. The van der Waals surface area contributed by atoms with Gasteiger partial charge < -0.3 is 10.1 Å². The molecule has 0 saturated heterocycles. The number of carbonyl (C=O) groups is 2. The van der Waals surface area contributed by atoms with E-state index < -0.39 is 0 Å². The number of nitrogens with one attached hydrogen (secondary N) is 1. The number of rotatable bonds is 6. The summed E-state index contributed by atoms with van der Waals surface area (Å²) in [5, 5.41) is 2.95. The number of carbonyl (C=O) groups excluding carboxylic acids is 2. The zero-order chi connectivity index (χ0) is 18.7. The predicted octanol–water partition coefficient (Wildman–Crippen LogP) is 3.85. The number of ether oxygens (including phenoxy) is 1. The number of halogens is 1. The molecule has 1 atom stereocenters. The van der Waals surface area contributed by atoms with E-state index in [1.807, 2.05) is 13.8 Å². The van der Waals surface area contributed by atoms with E-state index in [2.05, 4.69) is 5.32 Å². The van der Waals surface area contributed by atoms with Crippen molar-refractivity contribution in [3.05, 3.63) is 65.0 Å². The molecule has 3 rings (SSSR count). The summed E-state index contributed by atoms with van der Waals surface area (Å²) < 4.78 is 18.8. The van der Waals surface area contributed by atoms with E-state index in [9.17, 15) is 14.0 Å². The number of Topliss-reactive ketones (excluding diaryl/α,β-unsaturated/α-hetero) is 1. The Morgan fingerprint density at radius 1 is 1.15 bits per heavy atom. The average molecular weight is 355 g/mol. The highest BCUT2D eigenvalue weighted by Crippen LogP contribution is 2.30. The van der Waals surface area contributed by atoms with Crippen LogP contribution >= 0.6 is 0 Å². The minimum atomic E-state index is -0.307. The third kappa shape index (κ3) is 3.93. The molecule has 0 aromatic heterocycles. The van der Waals surface area contributed by atoms with Crippen molar-refractivity contribution in [2.24, 2.45) is 5.92 Å². The van der Waals surface area contributed by atoms with Crippen LogP contribution < -0.4 is 10.1 Å². The number of hydrogen-bond acceptors (Lipinski definition) is 3. The van der Waals surface area contributed by atoms with Crippen molar-refractivity contribution < 1.29 is 18.7 Å². The average Bonchev–Trinajstić information content (AvgIpc) is 3.00. The molecule has 2 aromatic rings. The summed E-state index contributed by atoms with van der Waals surface area (Å²) in [7, 11) is 0. The second kappa shape index (κ2) is 7.68. The van der Waals surface area contributed by atoms with Gasteiger partial charge in [0.25, 0.3) is 5.91 Å². The zero-order valence-corrected chi connectivity index (χ0v) is 14.9. The van der Waals surface area contributed by atoms with Crippen LogP contribution in [0.3, 0.4) is 0 Å². The van der Waals surface area contributed by atoms with Crippen LogP contribution in [0.15, 0.2) is 42.5 Å². The molecule has 4 nitrogen and oxygen atoms in total. The maximum absolute atomic E-state index is 13.1. The Hall–Kier alpha value is -2.69. The smallest absolute Gasteiger partial charge is 0.258 e. The van der Waals surface area contributed by atoms with Gasteiger partial charge in [0.1, 0.15) is 11.6 Å². The molecular weight excluding hydrogens is 333 g/mol. The molecule has 0 fully saturated rings. The molecule has 1 aliphatic carbocycles. The summed E-state index contributed by atoms with van der Waals surface area (Å²) in [6, 6.07) is 11.2. The van der Waals surface area contributed by atoms with Crippen LogP contribution in [0.2, 0.25) is 0 Å². The lowest BCUT2D eigenvalue weighted by atomic mass is 9.96. The molecule has 2 aromatic carbocycles. The molecule has 0 radical (unpaired) electrons. The normalized spacial score (nSPS) is 14.2. The Morgan fingerprint density at radius 2 is 1.88 bits per heavy atom. The first-order valence-corrected chi connectivity index (χ1v) is 8.78. The van der Waals surface area contributed by atoms with Crippen LogP contribution in [0.5, 0.6) is 5.75 Å². The highest BCUT2D eigenvalue weighted by atomic mass is 19.1. The van der Waals surface area contributed by atoms with Crippen molar-refractivity contribution in [3.63, 3.8) is 0 Å². The number of ketones is 1. The minimum absolute atomic E-state index is 0.117. The van der Waals surface area contributed by atoms with Gasteiger partial charge in [0.05, 0.1) is 6.04 Å². The van der Waals surface area contributed by atoms with E-state index in [0.717, 1.165) is 11.1 Å². The van der Waals surface area contributed by atoms with Crippen LogP contribution in [0, 0.1) is 11.7 Å². The summed E-state index contributed by atoms with van der Waals surface area (Å²) >= 11 is 0. The number of amides is 1. The molecule has 136 valence electrons. The van der Waals surface area contributed by atoms with Gasteiger partial charge in [-0.3, -0.25) is 9.59 Å². The lowest BCUT2D eigenvalue weighted by molar-refractivity contribution is -0.124. The van der Waals surface area contributed by atoms with Crippen LogP contribution in [0.4, 0.5) is 4.39 Å². The van der Waals surface area contributed by atoms with E-state index >= 15 is 0 Å². The number of benzene rings is 2. The van der Waals surface area contributed by atoms with Crippen LogP contribution in [0.1, 0.15) is 47.8 Å². The molecule has 0 aliphatic heterocycles. The van der Waals surface area contributed by atoms with E-state index in [1.54, 1.807) is 30.3 Å². The Kier molecular flexibility index (Phi) is 5.35. The van der Waals surface area contributed by atoms with E-state index in [1.165, 1.54) is 12.1 Å². The van der Waals surface area contributed by atoms with Crippen molar-refractivity contribution in [1.82, 2.24) is 5.32 Å². The summed E-state index contributed by atoms with van der Waals surface area (Å²) in [4.78, 5) is 24.2. The molecular formula is C21H22FNO3. The maximum atomic E-state index is 13.1. The van der Waals surface area contributed by atoms with Gasteiger partial charge in [-0.05, 0) is 36.1 Å². The highest BCUT2D eigenvalue weighted by Gasteiger charge is 2.23. The second-order valence-electron chi connectivity index (χ2n) is 6.83. The molecule has 0 heterocycles. The van der Waals surface area contributed by atoms with Crippen molar-refractivity contribution in [1.29, 1.82) is 0 Å². The quantitative estimate of drug-likeness (QED) is 0.856. The van der Waals surface area contributed by atoms with Gasteiger partial charge in [0, 0.05) is 17.5 Å². The molecule has 1 unspecified atom stereocenters. The van der Waals surface area contributed by atoms with Gasteiger partial charge in [-0.2, -0.15) is 0 Å². The largest absolute Gasteiger partial charge is 0.483 e. The van der Waals surface area contributed by atoms with Crippen molar-refractivity contribution in [2.45, 2.75) is 32.7 Å². The summed E-state index contributed by atoms with van der Waals surface area (Å²) in [5.41, 5.74) is 2.42. The molecule has 0 saturated carbocycles. The first-order valence-electron chi connectivity index (χ1n) is 8.78. The van der Waals surface area contributed by atoms with Gasteiger partial charge in [-0.1, -0.05) is 38.1 Å². The number of hydrogen-bond donors (Lipinski definition) is 1. The summed E-state index contributed by atoms with van der Waals surface area (Å²) in [6.07, 6.45) is 1.14. The first-order chi connectivity index (χ1) is 12.5. The summed E-state index contributed by atoms with van der Waals surface area (Å²) in [5.74, 6) is 0.286. The Balaban J connectivity index is 1.65. The molecule has 0 spiro atoms. The van der Waals surface area contributed by atoms with Crippen LogP contribution in [0.25, 0.3) is 0 Å². The Labute approximate surface area is 152 Å². The van der Waals surface area contributed by atoms with Crippen molar-refractivity contribution >= 4 is 11.7 Å². The lowest BCUT2D eigenvalue weighted by Gasteiger charge is -2.23. The molecule has 5 heteroatoms. The monoisotopic (exact) mass is 355 g/mol. The lowest BCUT2D eigenvalue weighted by Crippen LogP contribution is -2.35. The molecule has 26 heavy (non-hydrogen) atoms. The van der Waals surface area contributed by atoms with E-state index in [4.69, 9.17) is 4.74 Å². The van der Waals surface area contributed by atoms with E-state index in [-0.39, 0.29) is 36.1 Å². The third-order valence-corrected chi connectivity index (χ3v) is 4.61. The fraction of sp³-hybridized carbons (Fsp3) is 0.333. The fourth-order valence-corrected chi connectivity index (χ4v) is 3.26. The maximum Gasteiger partial charge on any atom is 0.258 e. The topological polar surface area (TPSA) is 55.4 Å². The minimum Gasteiger partial charge on any atom is -0.483 e.